The van der Waals surface area contributed by atoms with E-state index < -0.39 is 5.41 Å². The Morgan fingerprint density at radius 2 is 0.549 bits per heavy atom. The van der Waals surface area contributed by atoms with Crippen molar-refractivity contribution in [2.24, 2.45) is 0 Å². The Bertz CT molecular complexity index is 2880. The first-order valence-electron chi connectivity index (χ1n) is 29.4. The maximum Gasteiger partial charge on any atom is 0.220 e. The number of thioether (sulfide) groups is 6. The lowest BCUT2D eigenvalue weighted by Gasteiger charge is -2.35. The van der Waals surface area contributed by atoms with Crippen LogP contribution in [0.4, 0.5) is 0 Å². The summed E-state index contributed by atoms with van der Waals surface area (Å²) in [7, 11) is 0. The predicted octanol–water partition coefficient (Wildman–Crippen LogP) is 10.9. The Morgan fingerprint density at radius 3 is 0.780 bits per heavy atom. The van der Waals surface area contributed by atoms with Crippen LogP contribution in [0.25, 0.3) is 11.1 Å². The van der Waals surface area contributed by atoms with Crippen molar-refractivity contribution in [3.05, 3.63) is 95.1 Å². The van der Waals surface area contributed by atoms with Crippen molar-refractivity contribution in [3.63, 3.8) is 0 Å². The molecular formula is C61H66O18S12. The average molecular weight is 1470 g/mol. The van der Waals surface area contributed by atoms with Crippen molar-refractivity contribution in [1.29, 1.82) is 0 Å². The number of ether oxygens (including phenoxy) is 18. The molecule has 18 nitrogen and oxygen atoms in total. The fourth-order valence-corrected chi connectivity index (χ4v) is 16.7. The van der Waals surface area contributed by atoms with E-state index in [9.17, 15) is 0 Å². The molecule has 0 amide bonds. The van der Waals surface area contributed by atoms with Gasteiger partial charge in [0.1, 0.15) is 76.3 Å². The zero-order chi connectivity index (χ0) is 62.8. The predicted molar refractivity (Wildman–Crippen MR) is 381 cm³/mol. The Balaban J connectivity index is 0.989. The summed E-state index contributed by atoms with van der Waals surface area (Å²) in [6.45, 7) is 4.17. The van der Waals surface area contributed by atoms with E-state index in [0.29, 0.717) is 135 Å². The quantitative estimate of drug-likeness (QED) is 0.0270. The van der Waals surface area contributed by atoms with Crippen molar-refractivity contribution < 1.29 is 85.3 Å². The third kappa shape index (κ3) is 19.1. The molecular weight excluding hydrogens is 1410 g/mol. The van der Waals surface area contributed by atoms with Gasteiger partial charge < -0.3 is 85.3 Å². The molecule has 1 aliphatic carbocycles. The van der Waals surface area contributed by atoms with Crippen LogP contribution < -0.4 is 28.4 Å². The maximum atomic E-state index is 6.88. The highest BCUT2D eigenvalue weighted by Gasteiger charge is 2.48. The smallest absolute Gasteiger partial charge is 0.220 e. The second-order valence-electron chi connectivity index (χ2n) is 20.8. The number of fused-ring (bicyclic) bond motifs is 3. The Hall–Kier alpha value is -3.12. The van der Waals surface area contributed by atoms with E-state index in [0.717, 1.165) is 33.4 Å². The molecule has 0 radical (unpaired) electrons. The average Bonchev–Trinajstić information content (AvgIpc) is 1.54. The van der Waals surface area contributed by atoms with Crippen LogP contribution in [0.5, 0.6) is 34.5 Å². The third-order valence-corrected chi connectivity index (χ3v) is 22.4. The SMILES string of the molecule is S=C1OC(COCCOc2cc(C3(c4cc(OCCOCC5CSC(=S)O5)c(OCCOCC5CSC(=S)O5)c(OCCOCC5CSC(=S)O5)c4)c4ccccc4-c4ccccc43)cc(OCCOCC3CSC(=S)O3)c2OCCOCC2CSC(=S)O2)CS1. The zero-order valence-electron chi connectivity index (χ0n) is 49.1. The van der Waals surface area contributed by atoms with Gasteiger partial charge in [0.15, 0.2) is 23.0 Å². The van der Waals surface area contributed by atoms with Crippen molar-refractivity contribution in [1.82, 2.24) is 0 Å². The molecule has 11 rings (SSSR count). The molecule has 0 N–H and O–H groups in total. The summed E-state index contributed by atoms with van der Waals surface area (Å²) in [6, 6.07) is 24.8. The van der Waals surface area contributed by atoms with E-state index >= 15 is 0 Å². The summed E-state index contributed by atoms with van der Waals surface area (Å²) in [6.07, 6.45) is -0.969. The second-order valence-corrected chi connectivity index (χ2v) is 30.5. The molecule has 0 aromatic heterocycles. The monoisotopic (exact) mass is 1470 g/mol. The molecule has 4 aromatic carbocycles. The first-order valence-corrected chi connectivity index (χ1v) is 37.7. The van der Waals surface area contributed by atoms with E-state index in [1.54, 1.807) is 0 Å². The highest BCUT2D eigenvalue weighted by molar-refractivity contribution is 8.24. The van der Waals surface area contributed by atoms with Crippen LogP contribution in [0.2, 0.25) is 0 Å². The van der Waals surface area contributed by atoms with Gasteiger partial charge in [-0.3, -0.25) is 0 Å². The first kappa shape index (κ1) is 69.2. The second kappa shape index (κ2) is 35.2. The molecule has 0 spiro atoms. The number of thiocarbonyl (C=S) groups is 6. The molecule has 30 heteroatoms. The highest BCUT2D eigenvalue weighted by Crippen LogP contribution is 2.60. The number of hydrogen-bond donors (Lipinski definition) is 0. The standard InChI is InChI=1S/C61H66O18S12/c80-55-74-39(31-86-55)25-62-9-15-68-49-21-37(22-50(69-16-10-63-26-40-32-87-56(81)75-40)53(49)72-19-13-66-29-43-35-90-59(84)78-43)61(47-7-3-1-5-45(47)46-6-2-4-8-48(46)61)38-23-51(70-17-11-64-27-41-33-88-57(82)76-41)54(73-20-14-67-30-44-36-91-60(85)79-44)52(24-38)71-18-12-65-28-42-34-89-58(83)77-42/h1-8,21-24,39-44H,9-20,25-36H2. The molecule has 7 aliphatic rings. The minimum Gasteiger partial charge on any atom is -0.487 e. The van der Waals surface area contributed by atoms with Gasteiger partial charge in [-0.25, -0.2) is 0 Å². The van der Waals surface area contributed by atoms with Gasteiger partial charge in [0.2, 0.25) is 37.8 Å². The molecule has 6 fully saturated rings. The van der Waals surface area contributed by atoms with Gasteiger partial charge in [-0.1, -0.05) is 119 Å². The molecule has 6 saturated heterocycles. The van der Waals surface area contributed by atoms with E-state index in [1.807, 2.05) is 48.5 Å². The van der Waals surface area contributed by atoms with Crippen molar-refractivity contribution in [2.45, 2.75) is 42.0 Å². The third-order valence-electron chi connectivity index (χ3n) is 14.5. The first-order chi connectivity index (χ1) is 44.5. The van der Waals surface area contributed by atoms with Crippen LogP contribution in [-0.4, -0.2) is 216 Å². The van der Waals surface area contributed by atoms with Crippen LogP contribution in [0.1, 0.15) is 22.3 Å². The molecule has 91 heavy (non-hydrogen) atoms. The summed E-state index contributed by atoms with van der Waals surface area (Å²) in [5, 5.41) is 0. The zero-order valence-corrected chi connectivity index (χ0v) is 58.9. The minimum absolute atomic E-state index is 0.133. The van der Waals surface area contributed by atoms with E-state index in [2.05, 4.69) is 24.3 Å². The van der Waals surface area contributed by atoms with Gasteiger partial charge in [-0.05, 0) is 131 Å². The molecule has 6 aliphatic heterocycles. The van der Waals surface area contributed by atoms with Crippen LogP contribution >= 0.6 is 144 Å². The van der Waals surface area contributed by atoms with E-state index in [4.69, 9.17) is 159 Å². The van der Waals surface area contributed by atoms with Crippen molar-refractivity contribution >= 4 is 170 Å². The minimum atomic E-state index is -1.15. The summed E-state index contributed by atoms with van der Waals surface area (Å²) in [5.74, 6) is 6.51. The topological polar surface area (TPSA) is 166 Å². The summed E-state index contributed by atoms with van der Waals surface area (Å²) in [5.41, 5.74) is 4.33. The maximum absolute atomic E-state index is 6.88. The van der Waals surface area contributed by atoms with Crippen LogP contribution in [-0.2, 0) is 62.3 Å². The van der Waals surface area contributed by atoms with Gasteiger partial charge in [-0.15, -0.1) is 0 Å². The molecule has 6 heterocycles. The van der Waals surface area contributed by atoms with Gasteiger partial charge in [0, 0.05) is 34.5 Å². The summed E-state index contributed by atoms with van der Waals surface area (Å²) >= 11 is 40.7. The van der Waals surface area contributed by atoms with Crippen LogP contribution in [0.3, 0.4) is 0 Å². The van der Waals surface area contributed by atoms with Gasteiger partial charge in [0.25, 0.3) is 0 Å². The largest absolute Gasteiger partial charge is 0.487 e. The Labute approximate surface area is 586 Å². The lowest BCUT2D eigenvalue weighted by Crippen LogP contribution is -2.29. The summed E-state index contributed by atoms with van der Waals surface area (Å²) in [4.78, 5) is 0. The van der Waals surface area contributed by atoms with Crippen LogP contribution in [0.15, 0.2) is 72.8 Å². The molecule has 6 unspecified atom stereocenters. The number of benzene rings is 4. The van der Waals surface area contributed by atoms with Crippen molar-refractivity contribution in [3.8, 4) is 45.6 Å². The van der Waals surface area contributed by atoms with Gasteiger partial charge >= 0.3 is 0 Å². The Kier molecular flexibility index (Phi) is 26.8. The number of rotatable bonds is 38. The van der Waals surface area contributed by atoms with Gasteiger partial charge in [-0.2, -0.15) is 0 Å². The summed E-state index contributed by atoms with van der Waals surface area (Å²) < 4.78 is 116. The fourth-order valence-electron chi connectivity index (χ4n) is 10.5. The molecule has 6 atom stereocenters. The number of hydrogen-bond acceptors (Lipinski definition) is 30. The Morgan fingerprint density at radius 1 is 0.319 bits per heavy atom. The van der Waals surface area contributed by atoms with Gasteiger partial charge in [0.05, 0.1) is 84.7 Å². The normalized spacial score (nSPS) is 22.0. The van der Waals surface area contributed by atoms with Crippen LogP contribution in [0, 0.1) is 0 Å². The lowest BCUT2D eigenvalue weighted by molar-refractivity contribution is 0.0386. The van der Waals surface area contributed by atoms with E-state index in [-0.39, 0.29) is 116 Å². The van der Waals surface area contributed by atoms with E-state index in [1.165, 1.54) is 70.6 Å². The molecule has 0 bridgehead atoms. The molecule has 4 aromatic rings. The highest BCUT2D eigenvalue weighted by atomic mass is 32.2. The molecule has 0 saturated carbocycles. The lowest BCUT2D eigenvalue weighted by atomic mass is 9.67. The van der Waals surface area contributed by atoms with Crippen molar-refractivity contribution in [2.75, 3.05) is 153 Å². The molecule has 490 valence electrons. The fraction of sp³-hybridized carbons (Fsp3) is 0.508.